The van der Waals surface area contributed by atoms with E-state index in [1.807, 2.05) is 6.08 Å². The van der Waals surface area contributed by atoms with E-state index >= 15 is 0 Å². The fourth-order valence-corrected chi connectivity index (χ4v) is 11.5. The quantitative estimate of drug-likeness (QED) is 0.0346. The van der Waals surface area contributed by atoms with Crippen LogP contribution in [0.4, 0.5) is 0 Å². The van der Waals surface area contributed by atoms with Crippen LogP contribution in [0.1, 0.15) is 350 Å². The molecule has 0 radical (unpaired) electrons. The highest BCUT2D eigenvalue weighted by Gasteiger charge is 2.28. The second-order valence-electron chi connectivity index (χ2n) is 29.0. The molecule has 0 atom stereocenters. The molecule has 0 aromatic heterocycles. The second kappa shape index (κ2) is 59.6. The Bertz CT molecular complexity index is 2730. The lowest BCUT2D eigenvalue weighted by atomic mass is 10.0. The molecule has 0 aromatic rings. The number of carbonyl (C=O) groups excluding carboxylic acids is 2. The first-order valence-corrected chi connectivity index (χ1v) is 38.3. The first-order chi connectivity index (χ1) is 45.8. The maximum atomic E-state index is 12.3. The van der Waals surface area contributed by atoms with Gasteiger partial charge in [0.25, 0.3) is 0 Å². The smallest absolute Gasteiger partial charge is 0.320 e. The van der Waals surface area contributed by atoms with Crippen LogP contribution in [0.25, 0.3) is 0 Å². The molecule has 96 heavy (non-hydrogen) atoms. The Labute approximate surface area is 595 Å². The van der Waals surface area contributed by atoms with Gasteiger partial charge in [-0.3, -0.25) is 9.59 Å². The molecule has 0 N–H and O–H groups in total. The molecule has 0 aliphatic carbocycles. The molecule has 0 amide bonds. The molecule has 0 saturated carbocycles. The lowest BCUT2D eigenvalue weighted by Crippen LogP contribution is -2.27. The number of ether oxygens (including phenoxy) is 2. The number of carbonyl (C=O) groups is 2. The van der Waals surface area contributed by atoms with Crippen molar-refractivity contribution in [3.8, 4) is 0 Å². The van der Waals surface area contributed by atoms with Gasteiger partial charge in [0.2, 0.25) is 0 Å². The molecule has 0 saturated heterocycles. The van der Waals surface area contributed by atoms with Crippen LogP contribution in [0.5, 0.6) is 0 Å². The summed E-state index contributed by atoms with van der Waals surface area (Å²) in [5, 5.41) is 0. The van der Waals surface area contributed by atoms with Gasteiger partial charge < -0.3 is 9.47 Å². The third kappa shape index (κ3) is 56.5. The van der Waals surface area contributed by atoms with Crippen LogP contribution >= 0.6 is 0 Å². The first kappa shape index (κ1) is 90.5. The Morgan fingerprint density at radius 1 is 0.208 bits per heavy atom. The van der Waals surface area contributed by atoms with Crippen LogP contribution in [0, 0.1) is 5.92 Å². The van der Waals surface area contributed by atoms with E-state index in [0.29, 0.717) is 6.42 Å². The predicted molar refractivity (Wildman–Crippen MR) is 429 cm³/mol. The third-order valence-electron chi connectivity index (χ3n) is 18.4. The summed E-state index contributed by atoms with van der Waals surface area (Å²) in [6.07, 6.45) is 77.6. The summed E-state index contributed by atoms with van der Waals surface area (Å²) >= 11 is 0. The van der Waals surface area contributed by atoms with Crippen molar-refractivity contribution < 1.29 is 19.1 Å². The molecule has 0 fully saturated rings. The van der Waals surface area contributed by atoms with Crippen molar-refractivity contribution in [1.82, 2.24) is 0 Å². The standard InChI is InChI=1S/C92H148O4/c1-21-95-91(93)90(92(94)96-22-2)72-71-89(20)70-38-69-88(19)68-37-67-87(18)66-36-65-86(17)64-35-63-85(16)62-34-61-84(15)60-33-59-83(14)58-32-57-82(13)56-31-55-81(12)54-30-53-80(11)52-29-51-79(10)50-28-49-78(9)48-27-47-77(8)46-26-45-76(7)44-25-43-75(6)42-24-41-74(5)40-23-39-73(3)4/h39,41,43,45,47,49,51,53,55,57,59,61,63,65,67,69,71,90H,21-38,40,42,44,46,48,50,52,54,56,58,60,62,64,66,68,70,72H2,1-20H3/b74-41+,75-43+,76-45-,77-47-,78-49-,79-51-,80-53-,81-55-,82-57-,83-59-,84-61-,85-63-,86-65-,87-67-,88-69-,89-71-. The van der Waals surface area contributed by atoms with Crippen LogP contribution in [0.3, 0.4) is 0 Å². The van der Waals surface area contributed by atoms with E-state index in [0.717, 1.165) is 166 Å². The average molecular weight is 1320 g/mol. The summed E-state index contributed by atoms with van der Waals surface area (Å²) in [6.45, 7) is 44.9. The molecule has 0 unspecified atom stereocenters. The Balaban J connectivity index is 4.40. The summed E-state index contributed by atoms with van der Waals surface area (Å²) in [5.74, 6) is -1.92. The Morgan fingerprint density at radius 3 is 0.458 bits per heavy atom. The van der Waals surface area contributed by atoms with E-state index < -0.39 is 17.9 Å². The summed E-state index contributed by atoms with van der Waals surface area (Å²) < 4.78 is 10.2. The third-order valence-corrected chi connectivity index (χ3v) is 18.4. The van der Waals surface area contributed by atoms with Gasteiger partial charge in [0.1, 0.15) is 0 Å². The van der Waals surface area contributed by atoms with Crippen molar-refractivity contribution >= 4 is 11.9 Å². The molecule has 0 aliphatic heterocycles. The zero-order chi connectivity index (χ0) is 71.7. The zero-order valence-electron chi connectivity index (χ0n) is 66.3. The van der Waals surface area contributed by atoms with E-state index in [9.17, 15) is 9.59 Å². The van der Waals surface area contributed by atoms with E-state index in [1.54, 1.807) is 13.8 Å². The highest BCUT2D eigenvalue weighted by Crippen LogP contribution is 2.23. The molecule has 0 aliphatic rings. The van der Waals surface area contributed by atoms with Gasteiger partial charge in [0.15, 0.2) is 5.92 Å². The Morgan fingerprint density at radius 2 is 0.333 bits per heavy atom. The largest absolute Gasteiger partial charge is 0.465 e. The van der Waals surface area contributed by atoms with Crippen LogP contribution in [-0.4, -0.2) is 25.2 Å². The molecule has 0 bridgehead atoms. The summed E-state index contributed by atoms with van der Waals surface area (Å²) in [5.41, 5.74) is 25.2. The van der Waals surface area contributed by atoms with E-state index in [1.165, 1.54) is 134 Å². The lowest BCUT2D eigenvalue weighted by Gasteiger charge is -2.13. The fourth-order valence-electron chi connectivity index (χ4n) is 11.5. The molecule has 0 rings (SSSR count). The van der Waals surface area contributed by atoms with Crippen molar-refractivity contribution in [3.63, 3.8) is 0 Å². The molecule has 0 aromatic carbocycles. The molecule has 4 nitrogen and oxygen atoms in total. The summed E-state index contributed by atoms with van der Waals surface area (Å²) in [6, 6.07) is 0. The predicted octanol–water partition coefficient (Wildman–Crippen LogP) is 29.7. The zero-order valence-corrected chi connectivity index (χ0v) is 66.3. The lowest BCUT2D eigenvalue weighted by molar-refractivity contribution is -0.161. The van der Waals surface area contributed by atoms with Crippen molar-refractivity contribution in [1.29, 1.82) is 0 Å². The molecular formula is C92H148O4. The van der Waals surface area contributed by atoms with Crippen LogP contribution in [0.15, 0.2) is 198 Å². The van der Waals surface area contributed by atoms with Gasteiger partial charge in [-0.25, -0.2) is 0 Å². The van der Waals surface area contributed by atoms with Gasteiger partial charge in [0.05, 0.1) is 13.2 Å². The Kier molecular flexibility index (Phi) is 56.2. The number of allylic oxidation sites excluding steroid dienone is 34. The van der Waals surface area contributed by atoms with Crippen molar-refractivity contribution in [2.45, 2.75) is 350 Å². The van der Waals surface area contributed by atoms with Gasteiger partial charge >= 0.3 is 11.9 Å². The van der Waals surface area contributed by atoms with Crippen LogP contribution in [-0.2, 0) is 19.1 Å². The highest BCUT2D eigenvalue weighted by atomic mass is 16.6. The average Bonchev–Trinajstić information content (AvgIpc) is 1.99. The fraction of sp³-hybridized carbons (Fsp3) is 0.609. The van der Waals surface area contributed by atoms with Gasteiger partial charge in [-0.2, -0.15) is 0 Å². The minimum absolute atomic E-state index is 0.247. The van der Waals surface area contributed by atoms with Crippen molar-refractivity contribution in [3.05, 3.63) is 198 Å². The molecular weight excluding hydrogens is 1170 g/mol. The SMILES string of the molecule is CCOC(=O)C(C/C=C(/C)CC/C=C(/C)CC/C=C(/C)CC/C=C(/C)CC/C=C(/C)CC/C=C(/C)CC/C=C(/C)CC/C=C(/C)CC/C=C(/C)CC/C=C(/C)CC/C=C(/C)CC/C=C(/C)CC/C=C(/C)CC/C=C(/C)CC/C=C(\C)CC/C=C(\C)CCC=C(C)C)C(=O)OCC. The summed E-state index contributed by atoms with van der Waals surface area (Å²) in [7, 11) is 0. The minimum Gasteiger partial charge on any atom is -0.465 e. The van der Waals surface area contributed by atoms with E-state index in [-0.39, 0.29) is 13.2 Å². The maximum Gasteiger partial charge on any atom is 0.320 e. The molecule has 0 spiro atoms. The molecule has 0 heterocycles. The molecule has 4 heteroatoms. The maximum absolute atomic E-state index is 12.3. The number of hydrogen-bond acceptors (Lipinski definition) is 4. The number of rotatable bonds is 54. The van der Waals surface area contributed by atoms with Gasteiger partial charge in [-0.1, -0.05) is 198 Å². The molecule has 540 valence electrons. The normalized spacial score (nSPS) is 14.8. The van der Waals surface area contributed by atoms with Gasteiger partial charge in [-0.15, -0.1) is 0 Å². The first-order valence-electron chi connectivity index (χ1n) is 38.3. The number of hydrogen-bond donors (Lipinski definition) is 0. The monoisotopic (exact) mass is 1320 g/mol. The van der Waals surface area contributed by atoms with Gasteiger partial charge in [-0.05, 0) is 350 Å². The number of esters is 2. The minimum atomic E-state index is -0.895. The van der Waals surface area contributed by atoms with Crippen LogP contribution < -0.4 is 0 Å². The van der Waals surface area contributed by atoms with E-state index in [4.69, 9.17) is 9.47 Å². The van der Waals surface area contributed by atoms with Crippen molar-refractivity contribution in [2.24, 2.45) is 5.92 Å². The van der Waals surface area contributed by atoms with Crippen molar-refractivity contribution in [2.75, 3.05) is 13.2 Å². The van der Waals surface area contributed by atoms with Gasteiger partial charge in [0, 0.05) is 0 Å². The summed E-state index contributed by atoms with van der Waals surface area (Å²) in [4.78, 5) is 24.6. The Hall–Kier alpha value is -5.48. The van der Waals surface area contributed by atoms with E-state index in [2.05, 4.69) is 222 Å². The topological polar surface area (TPSA) is 52.6 Å². The highest BCUT2D eigenvalue weighted by molar-refractivity contribution is 5.95. The second-order valence-corrected chi connectivity index (χ2v) is 29.0. The van der Waals surface area contributed by atoms with Crippen LogP contribution in [0.2, 0.25) is 0 Å².